The highest BCUT2D eigenvalue weighted by Gasteiger charge is 2.25. The Labute approximate surface area is 129 Å². The molecule has 0 spiro atoms. The molecule has 3 rings (SSSR count). The standard InChI is InChI=1S/C17H18N2O3/c1-21-14-8-9-18-13(10-14)11-19-17(20)16-7-6-12-4-2-3-5-15(12)22-16/h2-5,8-10,16H,6-7,11H2,1H3,(H,19,20). The van der Waals surface area contributed by atoms with Crippen LogP contribution >= 0.6 is 0 Å². The Morgan fingerprint density at radius 1 is 1.41 bits per heavy atom. The smallest absolute Gasteiger partial charge is 0.261 e. The fraction of sp³-hybridized carbons (Fsp3) is 0.294. The fourth-order valence-corrected chi connectivity index (χ4v) is 2.48. The van der Waals surface area contributed by atoms with E-state index < -0.39 is 6.10 Å². The maximum Gasteiger partial charge on any atom is 0.261 e. The number of methoxy groups -OCH3 is 1. The Bertz CT molecular complexity index is 672. The Kier molecular flexibility index (Phi) is 4.23. The summed E-state index contributed by atoms with van der Waals surface area (Å²) in [5.74, 6) is 1.41. The molecule has 1 amide bonds. The Hall–Kier alpha value is -2.56. The van der Waals surface area contributed by atoms with Gasteiger partial charge in [-0.25, -0.2) is 0 Å². The van der Waals surface area contributed by atoms with E-state index >= 15 is 0 Å². The van der Waals surface area contributed by atoms with Crippen LogP contribution in [-0.4, -0.2) is 24.1 Å². The molecule has 5 heteroatoms. The van der Waals surface area contributed by atoms with Crippen LogP contribution in [0.2, 0.25) is 0 Å². The molecule has 1 aromatic carbocycles. The Balaban J connectivity index is 1.59. The highest BCUT2D eigenvalue weighted by Crippen LogP contribution is 2.27. The fourth-order valence-electron chi connectivity index (χ4n) is 2.48. The van der Waals surface area contributed by atoms with Crippen LogP contribution in [0.15, 0.2) is 42.6 Å². The molecule has 2 aromatic rings. The van der Waals surface area contributed by atoms with Crippen LogP contribution in [0.4, 0.5) is 0 Å². The summed E-state index contributed by atoms with van der Waals surface area (Å²) < 4.78 is 10.9. The lowest BCUT2D eigenvalue weighted by molar-refractivity contribution is -0.128. The molecule has 0 fully saturated rings. The van der Waals surface area contributed by atoms with E-state index in [0.717, 1.165) is 29.2 Å². The van der Waals surface area contributed by atoms with E-state index in [-0.39, 0.29) is 5.91 Å². The summed E-state index contributed by atoms with van der Waals surface area (Å²) in [6, 6.07) is 11.4. The number of aryl methyl sites for hydroxylation is 1. The molecule has 1 N–H and O–H groups in total. The van der Waals surface area contributed by atoms with Gasteiger partial charge in [0.2, 0.25) is 0 Å². The number of rotatable bonds is 4. The number of benzene rings is 1. The number of carbonyl (C=O) groups is 1. The van der Waals surface area contributed by atoms with Crippen molar-refractivity contribution in [2.45, 2.75) is 25.5 Å². The van der Waals surface area contributed by atoms with Crippen molar-refractivity contribution in [3.05, 3.63) is 53.9 Å². The van der Waals surface area contributed by atoms with Crippen LogP contribution in [0.5, 0.6) is 11.5 Å². The summed E-state index contributed by atoms with van der Waals surface area (Å²) in [4.78, 5) is 16.4. The minimum atomic E-state index is -0.444. The molecule has 1 aliphatic rings. The van der Waals surface area contributed by atoms with Crippen molar-refractivity contribution >= 4 is 5.91 Å². The molecule has 0 bridgehead atoms. The van der Waals surface area contributed by atoms with Gasteiger partial charge in [0.1, 0.15) is 11.5 Å². The van der Waals surface area contributed by atoms with Gasteiger partial charge in [-0.3, -0.25) is 9.78 Å². The lowest BCUT2D eigenvalue weighted by Gasteiger charge is -2.25. The number of hydrogen-bond donors (Lipinski definition) is 1. The summed E-state index contributed by atoms with van der Waals surface area (Å²) in [6.07, 6.45) is 2.76. The van der Waals surface area contributed by atoms with Gasteiger partial charge < -0.3 is 14.8 Å². The second-order valence-electron chi connectivity index (χ2n) is 5.16. The number of aromatic nitrogens is 1. The number of fused-ring (bicyclic) bond motifs is 1. The first-order valence-electron chi connectivity index (χ1n) is 7.27. The summed E-state index contributed by atoms with van der Waals surface area (Å²) in [5.41, 5.74) is 1.91. The van der Waals surface area contributed by atoms with Gasteiger partial charge in [-0.15, -0.1) is 0 Å². The van der Waals surface area contributed by atoms with E-state index in [1.807, 2.05) is 24.3 Å². The predicted octanol–water partition coefficient (Wildman–Crippen LogP) is 2.10. The van der Waals surface area contributed by atoms with Crippen LogP contribution in [0, 0.1) is 0 Å². The van der Waals surface area contributed by atoms with Gasteiger partial charge in [0, 0.05) is 12.3 Å². The number of amides is 1. The third-order valence-corrected chi connectivity index (χ3v) is 3.68. The van der Waals surface area contributed by atoms with Gasteiger partial charge in [0.05, 0.1) is 19.3 Å². The van der Waals surface area contributed by atoms with Crippen molar-refractivity contribution < 1.29 is 14.3 Å². The van der Waals surface area contributed by atoms with E-state index in [2.05, 4.69) is 10.3 Å². The van der Waals surface area contributed by atoms with E-state index in [0.29, 0.717) is 13.0 Å². The van der Waals surface area contributed by atoms with Crippen molar-refractivity contribution in [3.8, 4) is 11.5 Å². The first-order valence-corrected chi connectivity index (χ1v) is 7.27. The van der Waals surface area contributed by atoms with E-state index in [4.69, 9.17) is 9.47 Å². The molecule has 1 aromatic heterocycles. The van der Waals surface area contributed by atoms with Gasteiger partial charge >= 0.3 is 0 Å². The Morgan fingerprint density at radius 2 is 2.27 bits per heavy atom. The number of hydrogen-bond acceptors (Lipinski definition) is 4. The van der Waals surface area contributed by atoms with Crippen LogP contribution in [-0.2, 0) is 17.8 Å². The topological polar surface area (TPSA) is 60.5 Å². The van der Waals surface area contributed by atoms with Gasteiger partial charge in [0.15, 0.2) is 6.10 Å². The van der Waals surface area contributed by atoms with Crippen molar-refractivity contribution in [1.29, 1.82) is 0 Å². The SMILES string of the molecule is COc1ccnc(CNC(=O)C2CCc3ccccc3O2)c1. The van der Waals surface area contributed by atoms with Crippen molar-refractivity contribution in [2.75, 3.05) is 7.11 Å². The second-order valence-corrected chi connectivity index (χ2v) is 5.16. The van der Waals surface area contributed by atoms with E-state index in [1.165, 1.54) is 0 Å². The molecule has 2 heterocycles. The minimum Gasteiger partial charge on any atom is -0.497 e. The number of ether oxygens (including phenoxy) is 2. The first-order chi connectivity index (χ1) is 10.8. The maximum atomic E-state index is 12.2. The second kappa shape index (κ2) is 6.47. The minimum absolute atomic E-state index is 0.112. The molecule has 0 saturated carbocycles. The molecule has 1 aliphatic heterocycles. The molecule has 1 unspecified atom stereocenters. The van der Waals surface area contributed by atoms with Crippen LogP contribution in [0.25, 0.3) is 0 Å². The van der Waals surface area contributed by atoms with E-state index in [1.54, 1.807) is 25.4 Å². The zero-order valence-corrected chi connectivity index (χ0v) is 12.4. The summed E-state index contributed by atoms with van der Waals surface area (Å²) in [5, 5.41) is 2.87. The largest absolute Gasteiger partial charge is 0.497 e. The monoisotopic (exact) mass is 298 g/mol. The van der Waals surface area contributed by atoms with Gasteiger partial charge in [-0.2, -0.15) is 0 Å². The number of nitrogens with one attached hydrogen (secondary N) is 1. The third-order valence-electron chi connectivity index (χ3n) is 3.68. The van der Waals surface area contributed by atoms with Crippen molar-refractivity contribution in [3.63, 3.8) is 0 Å². The molecular weight excluding hydrogens is 280 g/mol. The van der Waals surface area contributed by atoms with E-state index in [9.17, 15) is 4.79 Å². The quantitative estimate of drug-likeness (QED) is 0.939. The maximum absolute atomic E-state index is 12.2. The molecule has 0 radical (unpaired) electrons. The molecule has 1 atom stereocenters. The number of nitrogens with zero attached hydrogens (tertiary/aromatic N) is 1. The zero-order chi connectivity index (χ0) is 15.4. The summed E-state index contributed by atoms with van der Waals surface area (Å²) >= 11 is 0. The summed E-state index contributed by atoms with van der Waals surface area (Å²) in [6.45, 7) is 0.359. The van der Waals surface area contributed by atoms with Gasteiger partial charge in [-0.1, -0.05) is 18.2 Å². The average molecular weight is 298 g/mol. The van der Waals surface area contributed by atoms with Crippen LogP contribution in [0.3, 0.4) is 0 Å². The van der Waals surface area contributed by atoms with Crippen molar-refractivity contribution in [2.24, 2.45) is 0 Å². The molecule has 0 saturated heterocycles. The summed E-state index contributed by atoms with van der Waals surface area (Å²) in [7, 11) is 1.60. The van der Waals surface area contributed by atoms with Gasteiger partial charge in [-0.05, 0) is 30.5 Å². The molecule has 114 valence electrons. The van der Waals surface area contributed by atoms with Crippen molar-refractivity contribution in [1.82, 2.24) is 10.3 Å². The molecule has 5 nitrogen and oxygen atoms in total. The highest BCUT2D eigenvalue weighted by molar-refractivity contribution is 5.81. The number of para-hydroxylation sites is 1. The number of pyridine rings is 1. The lowest BCUT2D eigenvalue weighted by Crippen LogP contribution is -2.40. The van der Waals surface area contributed by atoms with Crippen LogP contribution < -0.4 is 14.8 Å². The lowest BCUT2D eigenvalue weighted by atomic mass is 10.0. The highest BCUT2D eigenvalue weighted by atomic mass is 16.5. The average Bonchev–Trinajstić information content (AvgIpc) is 2.59. The van der Waals surface area contributed by atoms with Gasteiger partial charge in [0.25, 0.3) is 5.91 Å². The van der Waals surface area contributed by atoms with Crippen LogP contribution in [0.1, 0.15) is 17.7 Å². The zero-order valence-electron chi connectivity index (χ0n) is 12.4. The molecule has 0 aliphatic carbocycles. The predicted molar refractivity (Wildman–Crippen MR) is 81.8 cm³/mol. The Morgan fingerprint density at radius 3 is 3.14 bits per heavy atom. The first kappa shape index (κ1) is 14.4. The molecule has 22 heavy (non-hydrogen) atoms. The third kappa shape index (κ3) is 3.19. The normalized spacial score (nSPS) is 16.3. The molecular formula is C17H18N2O3. The number of carbonyl (C=O) groups excluding carboxylic acids is 1.